The van der Waals surface area contributed by atoms with Crippen molar-refractivity contribution < 1.29 is 32.5 Å². The fourth-order valence-electron chi connectivity index (χ4n) is 3.68. The summed E-state index contributed by atoms with van der Waals surface area (Å²) in [6.07, 6.45) is 0.0702. The first kappa shape index (κ1) is 21.9. The van der Waals surface area contributed by atoms with Crippen molar-refractivity contribution in [1.29, 1.82) is 0 Å². The molecular weight excluding hydrogens is 410 g/mol. The highest BCUT2D eigenvalue weighted by molar-refractivity contribution is 7.89. The summed E-state index contributed by atoms with van der Waals surface area (Å²) in [7, 11) is -0.926. The van der Waals surface area contributed by atoms with Gasteiger partial charge in [-0.25, -0.2) is 8.42 Å². The van der Waals surface area contributed by atoms with Crippen LogP contribution in [0.25, 0.3) is 0 Å². The molecule has 1 unspecified atom stereocenters. The fourth-order valence-corrected chi connectivity index (χ4v) is 5.29. The van der Waals surface area contributed by atoms with Crippen molar-refractivity contribution in [2.45, 2.75) is 30.7 Å². The molecule has 162 valence electrons. The van der Waals surface area contributed by atoms with Gasteiger partial charge in [-0.1, -0.05) is 0 Å². The Labute approximate surface area is 176 Å². The number of aliphatic carboxylic acids is 1. The van der Waals surface area contributed by atoms with Gasteiger partial charge in [-0.05, 0) is 60.9 Å². The monoisotopic (exact) mass is 435 g/mol. The molecule has 0 aliphatic carbocycles. The molecule has 2 aromatic carbocycles. The highest BCUT2D eigenvalue weighted by Crippen LogP contribution is 2.41. The molecule has 0 fully saturated rings. The van der Waals surface area contributed by atoms with Gasteiger partial charge >= 0.3 is 5.97 Å². The predicted octanol–water partition coefficient (Wildman–Crippen LogP) is 2.87. The maximum Gasteiger partial charge on any atom is 0.305 e. The molecule has 0 radical (unpaired) electrons. The minimum atomic E-state index is -3.92. The molecule has 1 aliphatic rings. The van der Waals surface area contributed by atoms with Crippen LogP contribution in [0.15, 0.2) is 41.3 Å². The number of sulfonamides is 1. The van der Waals surface area contributed by atoms with Crippen LogP contribution >= 0.6 is 0 Å². The molecule has 8 nitrogen and oxygen atoms in total. The second kappa shape index (κ2) is 8.93. The van der Waals surface area contributed by atoms with E-state index in [2.05, 4.69) is 0 Å². The number of hydrogen-bond acceptors (Lipinski definition) is 6. The third-order valence-corrected chi connectivity index (χ3v) is 6.99. The Morgan fingerprint density at radius 1 is 1.13 bits per heavy atom. The maximum absolute atomic E-state index is 13.4. The first-order valence-electron chi connectivity index (χ1n) is 9.53. The van der Waals surface area contributed by atoms with E-state index in [1.54, 1.807) is 24.3 Å². The molecule has 0 aromatic heterocycles. The van der Waals surface area contributed by atoms with E-state index < -0.39 is 22.0 Å². The van der Waals surface area contributed by atoms with E-state index >= 15 is 0 Å². The Kier molecular flexibility index (Phi) is 6.52. The minimum absolute atomic E-state index is 0.0882. The van der Waals surface area contributed by atoms with E-state index in [9.17, 15) is 18.3 Å². The van der Waals surface area contributed by atoms with Gasteiger partial charge in [-0.2, -0.15) is 4.31 Å². The van der Waals surface area contributed by atoms with Gasteiger partial charge in [0, 0.05) is 6.54 Å². The van der Waals surface area contributed by atoms with Crippen LogP contribution in [0.5, 0.6) is 17.2 Å². The first-order valence-corrected chi connectivity index (χ1v) is 11.0. The quantitative estimate of drug-likeness (QED) is 0.680. The summed E-state index contributed by atoms with van der Waals surface area (Å²) in [6, 6.07) is 8.72. The van der Waals surface area contributed by atoms with Crippen molar-refractivity contribution >= 4 is 16.0 Å². The number of carbonyl (C=O) groups is 1. The Balaban J connectivity index is 2.05. The van der Waals surface area contributed by atoms with Gasteiger partial charge in [-0.15, -0.1) is 0 Å². The number of methoxy groups -OCH3 is 2. The predicted molar refractivity (Wildman–Crippen MR) is 110 cm³/mol. The molecule has 0 saturated heterocycles. The first-order chi connectivity index (χ1) is 14.3. The average molecular weight is 435 g/mol. The molecule has 2 aromatic rings. The van der Waals surface area contributed by atoms with Crippen LogP contribution < -0.4 is 14.2 Å². The number of ether oxygens (including phenoxy) is 3. The standard InChI is InChI=1S/C21H25NO7S/c1-4-29-15-5-7-16(8-6-15)30(25,26)22-10-9-14-11-19(27-2)20(28-3)12-17(14)18(22)13-21(23)24/h5-8,11-12,18H,4,9-10,13H2,1-3H3,(H,23,24). The molecule has 30 heavy (non-hydrogen) atoms. The number of nitrogens with zero attached hydrogens (tertiary/aromatic N) is 1. The fraction of sp³-hybridized carbons (Fsp3) is 0.381. The van der Waals surface area contributed by atoms with Crippen LogP contribution in [0.2, 0.25) is 0 Å². The molecule has 1 aliphatic heterocycles. The van der Waals surface area contributed by atoms with Gasteiger partial charge in [0.15, 0.2) is 11.5 Å². The normalized spacial score (nSPS) is 16.6. The zero-order valence-corrected chi connectivity index (χ0v) is 17.9. The summed E-state index contributed by atoms with van der Waals surface area (Å²) in [4.78, 5) is 11.7. The lowest BCUT2D eigenvalue weighted by atomic mass is 9.92. The number of fused-ring (bicyclic) bond motifs is 1. The van der Waals surface area contributed by atoms with Crippen LogP contribution in [0.1, 0.15) is 30.5 Å². The van der Waals surface area contributed by atoms with Crippen LogP contribution in [-0.4, -0.2) is 51.2 Å². The third-order valence-electron chi connectivity index (χ3n) is 5.06. The van der Waals surface area contributed by atoms with Gasteiger partial charge in [0.25, 0.3) is 0 Å². The zero-order chi connectivity index (χ0) is 21.9. The minimum Gasteiger partial charge on any atom is -0.494 e. The van der Waals surface area contributed by atoms with Crippen molar-refractivity contribution in [3.63, 3.8) is 0 Å². The van der Waals surface area contributed by atoms with Crippen molar-refractivity contribution in [2.75, 3.05) is 27.4 Å². The Morgan fingerprint density at radius 3 is 2.33 bits per heavy atom. The highest BCUT2D eigenvalue weighted by Gasteiger charge is 2.38. The number of hydrogen-bond donors (Lipinski definition) is 1. The van der Waals surface area contributed by atoms with Gasteiger partial charge in [0.05, 0.1) is 38.2 Å². The average Bonchev–Trinajstić information content (AvgIpc) is 2.73. The number of benzene rings is 2. The highest BCUT2D eigenvalue weighted by atomic mass is 32.2. The molecule has 0 amide bonds. The largest absolute Gasteiger partial charge is 0.494 e. The summed E-state index contributed by atoms with van der Waals surface area (Å²) < 4.78 is 44.0. The van der Waals surface area contributed by atoms with Crippen molar-refractivity contribution in [3.05, 3.63) is 47.5 Å². The molecule has 1 N–H and O–H groups in total. The van der Waals surface area contributed by atoms with E-state index in [4.69, 9.17) is 14.2 Å². The Morgan fingerprint density at radius 2 is 1.77 bits per heavy atom. The lowest BCUT2D eigenvalue weighted by Crippen LogP contribution is -2.41. The maximum atomic E-state index is 13.4. The van der Waals surface area contributed by atoms with Crippen molar-refractivity contribution in [2.24, 2.45) is 0 Å². The van der Waals surface area contributed by atoms with Crippen molar-refractivity contribution in [3.8, 4) is 17.2 Å². The molecule has 0 saturated carbocycles. The molecule has 1 atom stereocenters. The van der Waals surface area contributed by atoms with Crippen LogP contribution in [0.3, 0.4) is 0 Å². The summed E-state index contributed by atoms with van der Waals surface area (Å²) >= 11 is 0. The molecule has 1 heterocycles. The topological polar surface area (TPSA) is 102 Å². The second-order valence-electron chi connectivity index (χ2n) is 6.79. The van der Waals surface area contributed by atoms with Gasteiger partial charge in [0.2, 0.25) is 10.0 Å². The van der Waals surface area contributed by atoms with Crippen molar-refractivity contribution in [1.82, 2.24) is 4.31 Å². The molecule has 0 bridgehead atoms. The molecule has 9 heteroatoms. The SMILES string of the molecule is CCOc1ccc(S(=O)(=O)N2CCc3cc(OC)c(OC)cc3C2CC(=O)O)cc1. The summed E-state index contributed by atoms with van der Waals surface area (Å²) in [5.74, 6) is 0.425. The van der Waals surface area contributed by atoms with E-state index in [-0.39, 0.29) is 17.9 Å². The van der Waals surface area contributed by atoms with Crippen LogP contribution in [0, 0.1) is 0 Å². The summed E-state index contributed by atoms with van der Waals surface area (Å²) in [5.41, 5.74) is 1.45. The van der Waals surface area contributed by atoms with E-state index in [0.29, 0.717) is 35.8 Å². The third kappa shape index (κ3) is 4.22. The molecular formula is C21H25NO7S. The van der Waals surface area contributed by atoms with Gasteiger partial charge in [-0.3, -0.25) is 4.79 Å². The number of carboxylic acids is 1. The second-order valence-corrected chi connectivity index (χ2v) is 8.68. The lowest BCUT2D eigenvalue weighted by molar-refractivity contribution is -0.138. The van der Waals surface area contributed by atoms with Crippen LogP contribution in [0.4, 0.5) is 0 Å². The Bertz CT molecular complexity index is 1020. The van der Waals surface area contributed by atoms with Gasteiger partial charge in [0.1, 0.15) is 5.75 Å². The van der Waals surface area contributed by atoms with E-state index in [0.717, 1.165) is 5.56 Å². The smallest absolute Gasteiger partial charge is 0.305 e. The Hall–Kier alpha value is -2.78. The molecule has 3 rings (SSSR count). The summed E-state index contributed by atoms with van der Waals surface area (Å²) in [6.45, 7) is 2.48. The van der Waals surface area contributed by atoms with E-state index in [1.165, 1.54) is 30.7 Å². The zero-order valence-electron chi connectivity index (χ0n) is 17.1. The number of carboxylic acid groups (broad SMARTS) is 1. The van der Waals surface area contributed by atoms with E-state index in [1.807, 2.05) is 6.92 Å². The molecule has 0 spiro atoms. The van der Waals surface area contributed by atoms with Gasteiger partial charge < -0.3 is 19.3 Å². The van der Waals surface area contributed by atoms with Crippen LogP contribution in [-0.2, 0) is 21.2 Å². The number of rotatable bonds is 8. The lowest BCUT2D eigenvalue weighted by Gasteiger charge is -2.36. The summed E-state index contributed by atoms with van der Waals surface area (Å²) in [5, 5.41) is 9.47.